The Morgan fingerprint density at radius 3 is 2.64 bits per heavy atom. The summed E-state index contributed by atoms with van der Waals surface area (Å²) >= 11 is 0. The van der Waals surface area contributed by atoms with Gasteiger partial charge in [-0.25, -0.2) is 9.38 Å². The fourth-order valence-corrected chi connectivity index (χ4v) is 2.60. The zero-order chi connectivity index (χ0) is 19.8. The Hall–Kier alpha value is -3.29. The van der Waals surface area contributed by atoms with E-state index >= 15 is 0 Å². The summed E-state index contributed by atoms with van der Waals surface area (Å²) in [5, 5.41) is 8.83. The van der Waals surface area contributed by atoms with Gasteiger partial charge in [-0.3, -0.25) is 4.79 Å². The lowest BCUT2D eigenvalue weighted by molar-refractivity contribution is -0.114. The highest BCUT2D eigenvalue weighted by Crippen LogP contribution is 2.32. The molecule has 148 valence electrons. The first kappa shape index (κ1) is 19.5. The van der Waals surface area contributed by atoms with E-state index in [-0.39, 0.29) is 12.5 Å². The first-order valence-corrected chi connectivity index (χ1v) is 9.14. The molecule has 2 aromatic carbocycles. The number of ether oxygens (including phenoxy) is 2. The van der Waals surface area contributed by atoms with Gasteiger partial charge in [-0.2, -0.15) is 0 Å². The molecular formula is C20H23FN4O3. The van der Waals surface area contributed by atoms with Crippen LogP contribution in [0.5, 0.6) is 11.5 Å². The number of aliphatic imine (C=N–C) groups is 1. The Balaban J connectivity index is 1.64. The van der Waals surface area contributed by atoms with Gasteiger partial charge in [0, 0.05) is 30.4 Å². The Labute approximate surface area is 163 Å². The van der Waals surface area contributed by atoms with Crippen molar-refractivity contribution in [3.05, 3.63) is 48.3 Å². The maximum Gasteiger partial charge on any atom is 0.246 e. The van der Waals surface area contributed by atoms with Crippen molar-refractivity contribution in [3.8, 4) is 11.5 Å². The third kappa shape index (κ3) is 5.60. The van der Waals surface area contributed by atoms with Crippen molar-refractivity contribution < 1.29 is 18.7 Å². The summed E-state index contributed by atoms with van der Waals surface area (Å²) in [5.74, 6) is 1.07. The Kier molecular flexibility index (Phi) is 6.67. The Morgan fingerprint density at radius 1 is 1.07 bits per heavy atom. The number of hydrogen-bond donors (Lipinski definition) is 3. The minimum atomic E-state index is -0.411. The molecule has 7 nitrogen and oxygen atoms in total. The van der Waals surface area contributed by atoms with Crippen LogP contribution < -0.4 is 25.4 Å². The van der Waals surface area contributed by atoms with Crippen LogP contribution >= 0.6 is 0 Å². The quantitative estimate of drug-likeness (QED) is 0.543. The monoisotopic (exact) mass is 386 g/mol. The molecule has 1 aliphatic rings. The molecule has 3 rings (SSSR count). The molecule has 2 aromatic rings. The van der Waals surface area contributed by atoms with Gasteiger partial charge in [0.1, 0.15) is 12.4 Å². The number of benzene rings is 2. The molecule has 0 spiro atoms. The highest BCUT2D eigenvalue weighted by Gasteiger charge is 2.11. The van der Waals surface area contributed by atoms with E-state index in [2.05, 4.69) is 20.9 Å². The molecule has 1 heterocycles. The van der Waals surface area contributed by atoms with Crippen molar-refractivity contribution in [1.29, 1.82) is 0 Å². The normalized spacial score (nSPS) is 13.4. The maximum atomic E-state index is 13.2. The van der Waals surface area contributed by atoms with Crippen LogP contribution in [0.3, 0.4) is 0 Å². The van der Waals surface area contributed by atoms with E-state index in [4.69, 9.17) is 9.47 Å². The molecule has 0 saturated heterocycles. The lowest BCUT2D eigenvalue weighted by Gasteiger charge is -2.13. The Morgan fingerprint density at radius 2 is 1.86 bits per heavy atom. The van der Waals surface area contributed by atoms with Gasteiger partial charge in [-0.05, 0) is 37.3 Å². The molecule has 0 atom stereocenters. The molecule has 28 heavy (non-hydrogen) atoms. The molecule has 0 aromatic heterocycles. The highest BCUT2D eigenvalue weighted by atomic mass is 19.1. The number of nitrogens with zero attached hydrogens (tertiary/aromatic N) is 1. The van der Waals surface area contributed by atoms with Crippen LogP contribution in [0.1, 0.15) is 13.3 Å². The van der Waals surface area contributed by atoms with Crippen LogP contribution in [0.25, 0.3) is 0 Å². The Bertz CT molecular complexity index is 857. The van der Waals surface area contributed by atoms with E-state index in [1.807, 2.05) is 25.1 Å². The summed E-state index contributed by atoms with van der Waals surface area (Å²) in [6, 6.07) is 11.2. The number of hydrogen-bond acceptors (Lipinski definition) is 4. The minimum Gasteiger partial charge on any atom is -0.490 e. The van der Waals surface area contributed by atoms with Crippen molar-refractivity contribution >= 4 is 23.2 Å². The standard InChI is InChI=1S/C20H23FN4O3/c1-2-22-20(23-13-19(26)24-15-6-3-5-14(21)11-15)25-16-7-8-17-18(12-16)28-10-4-9-27-17/h3,5-8,11-12H,2,4,9-10,13H2,1H3,(H,24,26)(H2,22,23,25). The lowest BCUT2D eigenvalue weighted by Crippen LogP contribution is -2.31. The third-order valence-corrected chi connectivity index (χ3v) is 3.84. The predicted octanol–water partition coefficient (Wildman–Crippen LogP) is 3.00. The average Bonchev–Trinajstić information content (AvgIpc) is 2.91. The number of carbonyl (C=O) groups excluding carboxylic acids is 1. The van der Waals surface area contributed by atoms with Crippen LogP contribution in [0.15, 0.2) is 47.5 Å². The van der Waals surface area contributed by atoms with Gasteiger partial charge in [0.25, 0.3) is 0 Å². The summed E-state index contributed by atoms with van der Waals surface area (Å²) in [6.07, 6.45) is 0.835. The summed E-state index contributed by atoms with van der Waals surface area (Å²) in [7, 11) is 0. The number of guanidine groups is 1. The fraction of sp³-hybridized carbons (Fsp3) is 0.300. The number of fused-ring (bicyclic) bond motifs is 1. The first-order valence-electron chi connectivity index (χ1n) is 9.14. The molecule has 0 unspecified atom stereocenters. The summed E-state index contributed by atoms with van der Waals surface area (Å²) in [5.41, 5.74) is 1.15. The van der Waals surface area contributed by atoms with Crippen molar-refractivity contribution in [2.75, 3.05) is 36.9 Å². The number of carbonyl (C=O) groups is 1. The van der Waals surface area contributed by atoms with Crippen LogP contribution in [0.4, 0.5) is 15.8 Å². The van der Waals surface area contributed by atoms with E-state index in [0.29, 0.717) is 42.9 Å². The molecule has 0 saturated carbocycles. The van der Waals surface area contributed by atoms with Gasteiger partial charge in [0.05, 0.1) is 13.2 Å². The van der Waals surface area contributed by atoms with Crippen molar-refractivity contribution in [2.45, 2.75) is 13.3 Å². The number of amides is 1. The summed E-state index contributed by atoms with van der Waals surface area (Å²) in [4.78, 5) is 16.4. The largest absolute Gasteiger partial charge is 0.490 e. The smallest absolute Gasteiger partial charge is 0.246 e. The second kappa shape index (κ2) is 9.59. The topological polar surface area (TPSA) is 84.0 Å². The maximum absolute atomic E-state index is 13.2. The van der Waals surface area contributed by atoms with Crippen molar-refractivity contribution in [1.82, 2.24) is 5.32 Å². The molecular weight excluding hydrogens is 363 g/mol. The number of nitrogens with one attached hydrogen (secondary N) is 3. The van der Waals surface area contributed by atoms with Crippen LogP contribution in [-0.4, -0.2) is 38.2 Å². The highest BCUT2D eigenvalue weighted by molar-refractivity contribution is 5.97. The van der Waals surface area contributed by atoms with Gasteiger partial charge in [-0.15, -0.1) is 0 Å². The van der Waals surface area contributed by atoms with Gasteiger partial charge in [-0.1, -0.05) is 6.07 Å². The van der Waals surface area contributed by atoms with Crippen LogP contribution in [0.2, 0.25) is 0 Å². The van der Waals surface area contributed by atoms with Crippen molar-refractivity contribution in [3.63, 3.8) is 0 Å². The molecule has 0 bridgehead atoms. The predicted molar refractivity (Wildman–Crippen MR) is 107 cm³/mol. The number of anilines is 2. The fourth-order valence-electron chi connectivity index (χ4n) is 2.60. The molecule has 0 aliphatic carbocycles. The zero-order valence-corrected chi connectivity index (χ0v) is 15.6. The third-order valence-electron chi connectivity index (χ3n) is 3.84. The molecule has 0 radical (unpaired) electrons. The minimum absolute atomic E-state index is 0.115. The number of rotatable bonds is 5. The SMILES string of the molecule is CCNC(=NCC(=O)Nc1cccc(F)c1)Nc1ccc2c(c1)OCCCO2. The van der Waals surface area contributed by atoms with E-state index in [0.717, 1.165) is 12.1 Å². The number of halogens is 1. The van der Waals surface area contributed by atoms with Gasteiger partial charge in [0.2, 0.25) is 5.91 Å². The molecule has 3 N–H and O–H groups in total. The van der Waals surface area contributed by atoms with Crippen LogP contribution in [0, 0.1) is 5.82 Å². The van der Waals surface area contributed by atoms with E-state index in [9.17, 15) is 9.18 Å². The van der Waals surface area contributed by atoms with Crippen LogP contribution in [-0.2, 0) is 4.79 Å². The van der Waals surface area contributed by atoms with Gasteiger partial charge >= 0.3 is 0 Å². The van der Waals surface area contributed by atoms with Gasteiger partial charge in [0.15, 0.2) is 17.5 Å². The average molecular weight is 386 g/mol. The molecule has 1 aliphatic heterocycles. The van der Waals surface area contributed by atoms with E-state index in [1.54, 1.807) is 6.07 Å². The summed E-state index contributed by atoms with van der Waals surface area (Å²) < 4.78 is 24.5. The molecule has 0 fully saturated rings. The summed E-state index contributed by atoms with van der Waals surface area (Å²) in [6.45, 7) is 3.67. The second-order valence-electron chi connectivity index (χ2n) is 6.09. The van der Waals surface area contributed by atoms with E-state index in [1.165, 1.54) is 18.2 Å². The molecule has 1 amide bonds. The zero-order valence-electron chi connectivity index (χ0n) is 15.6. The first-order chi connectivity index (χ1) is 13.6. The van der Waals surface area contributed by atoms with E-state index < -0.39 is 5.82 Å². The molecule has 8 heteroatoms. The second-order valence-corrected chi connectivity index (χ2v) is 6.09. The van der Waals surface area contributed by atoms with Crippen molar-refractivity contribution in [2.24, 2.45) is 4.99 Å². The lowest BCUT2D eigenvalue weighted by atomic mass is 10.3. The van der Waals surface area contributed by atoms with Gasteiger partial charge < -0.3 is 25.4 Å².